The van der Waals surface area contributed by atoms with E-state index in [9.17, 15) is 0 Å². The van der Waals surface area contributed by atoms with Crippen LogP contribution in [0.5, 0.6) is 5.88 Å². The van der Waals surface area contributed by atoms with Gasteiger partial charge in [0.25, 0.3) is 0 Å². The number of aromatic nitrogens is 2. The Hall–Kier alpha value is -1.43. The van der Waals surface area contributed by atoms with Crippen LogP contribution in [-0.4, -0.2) is 41.0 Å². The van der Waals surface area contributed by atoms with Gasteiger partial charge in [0.05, 0.1) is 23.8 Å². The minimum absolute atomic E-state index is 0.567. The van der Waals surface area contributed by atoms with E-state index in [2.05, 4.69) is 15.3 Å². The fourth-order valence-electron chi connectivity index (χ4n) is 2.47. The van der Waals surface area contributed by atoms with Gasteiger partial charge in [-0.25, -0.2) is 9.97 Å². The Bertz CT molecular complexity index is 860. The van der Waals surface area contributed by atoms with Gasteiger partial charge in [-0.3, -0.25) is 0 Å². The van der Waals surface area contributed by atoms with Gasteiger partial charge in [0, 0.05) is 40.4 Å². The van der Waals surface area contributed by atoms with Crippen LogP contribution in [0.15, 0.2) is 30.3 Å². The zero-order valence-corrected chi connectivity index (χ0v) is 15.5. The second kappa shape index (κ2) is 8.10. The Labute approximate surface area is 154 Å². The van der Waals surface area contributed by atoms with Gasteiger partial charge in [0.1, 0.15) is 5.52 Å². The third-order valence-corrected chi connectivity index (χ3v) is 5.17. The molecule has 24 heavy (non-hydrogen) atoms. The van der Waals surface area contributed by atoms with Crippen molar-refractivity contribution in [3.8, 4) is 5.88 Å². The Morgan fingerprint density at radius 1 is 1.12 bits per heavy atom. The summed E-state index contributed by atoms with van der Waals surface area (Å²) < 4.78 is 5.26. The monoisotopic (exact) mass is 381 g/mol. The van der Waals surface area contributed by atoms with E-state index in [1.807, 2.05) is 42.1 Å². The fourth-order valence-corrected chi connectivity index (χ4v) is 3.52. The summed E-state index contributed by atoms with van der Waals surface area (Å²) >= 11 is 13.7. The average molecular weight is 382 g/mol. The van der Waals surface area contributed by atoms with Crippen LogP contribution in [0.2, 0.25) is 5.02 Å². The summed E-state index contributed by atoms with van der Waals surface area (Å²) in [5.41, 5.74) is 3.41. The van der Waals surface area contributed by atoms with Gasteiger partial charge in [-0.15, -0.1) is 11.6 Å². The predicted octanol–water partition coefficient (Wildman–Crippen LogP) is 4.83. The van der Waals surface area contributed by atoms with Crippen molar-refractivity contribution >= 4 is 62.6 Å². The zero-order valence-electron chi connectivity index (χ0n) is 13.2. The Kier molecular flexibility index (Phi) is 5.87. The highest BCUT2D eigenvalue weighted by Gasteiger charge is 2.12. The van der Waals surface area contributed by atoms with Crippen molar-refractivity contribution in [2.75, 3.05) is 36.4 Å². The lowest BCUT2D eigenvalue weighted by Gasteiger charge is -2.13. The molecule has 0 saturated carbocycles. The molecular weight excluding hydrogens is 365 g/mol. The highest BCUT2D eigenvalue weighted by Crippen LogP contribution is 2.32. The number of hydrogen-bond donors (Lipinski definition) is 1. The predicted molar refractivity (Wildman–Crippen MR) is 105 cm³/mol. The maximum Gasteiger partial charge on any atom is 0.213 e. The van der Waals surface area contributed by atoms with Gasteiger partial charge in [-0.05, 0) is 24.3 Å². The molecule has 1 aromatic carbocycles. The molecule has 126 valence electrons. The van der Waals surface area contributed by atoms with E-state index in [-0.39, 0.29) is 0 Å². The number of anilines is 1. The van der Waals surface area contributed by atoms with Crippen LogP contribution in [0.25, 0.3) is 21.9 Å². The summed E-state index contributed by atoms with van der Waals surface area (Å²) in [7, 11) is 1.61. The summed E-state index contributed by atoms with van der Waals surface area (Å²) in [5.74, 6) is 3.15. The van der Waals surface area contributed by atoms with Crippen molar-refractivity contribution in [2.45, 2.75) is 0 Å². The van der Waals surface area contributed by atoms with E-state index in [0.717, 1.165) is 45.7 Å². The SMILES string of the molecule is COc1ccc2nc3cc(Cl)ccc3c(NCCSCCCl)c2n1. The molecule has 7 heteroatoms. The Morgan fingerprint density at radius 3 is 2.79 bits per heavy atom. The number of ether oxygens (including phenoxy) is 1. The molecule has 0 atom stereocenters. The first kappa shape index (κ1) is 17.4. The third kappa shape index (κ3) is 3.79. The summed E-state index contributed by atoms with van der Waals surface area (Å²) in [6.45, 7) is 0.817. The van der Waals surface area contributed by atoms with E-state index >= 15 is 0 Å². The molecule has 0 aliphatic rings. The maximum absolute atomic E-state index is 6.12. The van der Waals surface area contributed by atoms with Gasteiger partial charge in [-0.1, -0.05) is 11.6 Å². The van der Waals surface area contributed by atoms with E-state index < -0.39 is 0 Å². The van der Waals surface area contributed by atoms with Crippen LogP contribution in [-0.2, 0) is 0 Å². The van der Waals surface area contributed by atoms with Crippen LogP contribution in [0.1, 0.15) is 0 Å². The summed E-state index contributed by atoms with van der Waals surface area (Å²) in [6.07, 6.45) is 0. The molecule has 1 N–H and O–H groups in total. The average Bonchev–Trinajstić information content (AvgIpc) is 2.60. The van der Waals surface area contributed by atoms with Crippen LogP contribution in [0.3, 0.4) is 0 Å². The molecule has 0 aliphatic heterocycles. The number of nitrogens with one attached hydrogen (secondary N) is 1. The molecule has 4 nitrogen and oxygen atoms in total. The molecule has 0 unspecified atom stereocenters. The molecule has 0 saturated heterocycles. The number of benzene rings is 1. The van der Waals surface area contributed by atoms with Gasteiger partial charge in [0.2, 0.25) is 5.88 Å². The third-order valence-electron chi connectivity index (χ3n) is 3.53. The second-order valence-electron chi connectivity index (χ2n) is 5.10. The van der Waals surface area contributed by atoms with Crippen molar-refractivity contribution < 1.29 is 4.74 Å². The number of halogens is 2. The highest BCUT2D eigenvalue weighted by atomic mass is 35.5. The molecule has 3 rings (SSSR count). The van der Waals surface area contributed by atoms with E-state index in [1.165, 1.54) is 0 Å². The minimum Gasteiger partial charge on any atom is -0.481 e. The molecule has 0 spiro atoms. The standard InChI is InChI=1S/C17H17Cl2N3OS/c1-23-15-5-4-13-17(22-15)16(20-7-9-24-8-6-18)12-3-2-11(19)10-14(12)21-13/h2-5,10H,6-9H2,1H3,(H,20,21). The number of pyridine rings is 2. The molecule has 2 heterocycles. The van der Waals surface area contributed by atoms with Crippen molar-refractivity contribution in [3.63, 3.8) is 0 Å². The summed E-state index contributed by atoms with van der Waals surface area (Å²) in [4.78, 5) is 9.24. The van der Waals surface area contributed by atoms with Crippen LogP contribution in [0, 0.1) is 0 Å². The molecule has 0 amide bonds. The molecule has 0 aliphatic carbocycles. The molecule has 3 aromatic rings. The van der Waals surface area contributed by atoms with Gasteiger partial charge in [0.15, 0.2) is 0 Å². The lowest BCUT2D eigenvalue weighted by Crippen LogP contribution is -2.07. The van der Waals surface area contributed by atoms with Gasteiger partial charge >= 0.3 is 0 Å². The quantitative estimate of drug-likeness (QED) is 0.360. The minimum atomic E-state index is 0.567. The lowest BCUT2D eigenvalue weighted by molar-refractivity contribution is 0.399. The number of methoxy groups -OCH3 is 1. The topological polar surface area (TPSA) is 47.0 Å². The number of nitrogens with zero attached hydrogens (tertiary/aromatic N) is 2. The van der Waals surface area contributed by atoms with Crippen molar-refractivity contribution in [2.24, 2.45) is 0 Å². The number of rotatable bonds is 7. The number of thioether (sulfide) groups is 1. The first-order valence-electron chi connectivity index (χ1n) is 7.54. The highest BCUT2D eigenvalue weighted by molar-refractivity contribution is 7.99. The largest absolute Gasteiger partial charge is 0.481 e. The molecule has 2 aromatic heterocycles. The zero-order chi connectivity index (χ0) is 16.9. The molecular formula is C17H17Cl2N3OS. The Balaban J connectivity index is 2.05. The van der Waals surface area contributed by atoms with Crippen molar-refractivity contribution in [1.29, 1.82) is 0 Å². The number of hydrogen-bond acceptors (Lipinski definition) is 5. The molecule has 0 fully saturated rings. The van der Waals surface area contributed by atoms with E-state index in [1.54, 1.807) is 7.11 Å². The summed E-state index contributed by atoms with van der Waals surface area (Å²) in [6, 6.07) is 9.43. The molecule has 0 bridgehead atoms. The lowest BCUT2D eigenvalue weighted by atomic mass is 10.1. The summed E-state index contributed by atoms with van der Waals surface area (Å²) in [5, 5.41) is 5.16. The molecule has 0 radical (unpaired) electrons. The smallest absolute Gasteiger partial charge is 0.213 e. The normalized spacial score (nSPS) is 11.1. The van der Waals surface area contributed by atoms with E-state index in [4.69, 9.17) is 27.9 Å². The Morgan fingerprint density at radius 2 is 2.00 bits per heavy atom. The van der Waals surface area contributed by atoms with Crippen molar-refractivity contribution in [1.82, 2.24) is 9.97 Å². The van der Waals surface area contributed by atoms with Gasteiger partial charge in [-0.2, -0.15) is 11.8 Å². The van der Waals surface area contributed by atoms with Crippen LogP contribution < -0.4 is 10.1 Å². The van der Waals surface area contributed by atoms with Crippen LogP contribution >= 0.6 is 35.0 Å². The first-order valence-corrected chi connectivity index (χ1v) is 9.61. The first-order chi connectivity index (χ1) is 11.7. The maximum atomic E-state index is 6.12. The van der Waals surface area contributed by atoms with Crippen molar-refractivity contribution in [3.05, 3.63) is 35.4 Å². The van der Waals surface area contributed by atoms with Crippen LogP contribution in [0.4, 0.5) is 5.69 Å². The van der Waals surface area contributed by atoms with E-state index in [0.29, 0.717) is 16.8 Å². The number of alkyl halides is 1. The van der Waals surface area contributed by atoms with Gasteiger partial charge < -0.3 is 10.1 Å². The number of fused-ring (bicyclic) bond motifs is 2. The second-order valence-corrected chi connectivity index (χ2v) is 7.14. The fraction of sp³-hybridized carbons (Fsp3) is 0.294.